The first kappa shape index (κ1) is 12.0. The number of aromatic nitrogens is 1. The molecule has 92 valence electrons. The fourth-order valence-electron chi connectivity index (χ4n) is 1.92. The molecule has 0 atom stereocenters. The molecule has 0 aromatic carbocycles. The molecule has 1 aromatic heterocycles. The molecule has 0 unspecified atom stereocenters. The first-order chi connectivity index (χ1) is 8.27. The van der Waals surface area contributed by atoms with Gasteiger partial charge in [-0.25, -0.2) is 4.79 Å². The number of pyridine rings is 1. The van der Waals surface area contributed by atoms with Gasteiger partial charge >= 0.3 is 5.97 Å². The molecule has 0 radical (unpaired) electrons. The van der Waals surface area contributed by atoms with Gasteiger partial charge in [-0.1, -0.05) is 0 Å². The van der Waals surface area contributed by atoms with Crippen LogP contribution in [0, 0.1) is 0 Å². The van der Waals surface area contributed by atoms with Gasteiger partial charge in [-0.15, -0.1) is 0 Å². The van der Waals surface area contributed by atoms with Crippen LogP contribution >= 0.6 is 0 Å². The molecular formula is C12H16N2O3. The molecule has 17 heavy (non-hydrogen) atoms. The maximum atomic E-state index is 11.0. The normalized spacial score (nSPS) is 16.9. The van der Waals surface area contributed by atoms with Crippen LogP contribution in [0.5, 0.6) is 0 Å². The lowest BCUT2D eigenvalue weighted by atomic mass is 10.1. The lowest BCUT2D eigenvalue weighted by Gasteiger charge is -2.26. The number of rotatable bonds is 4. The largest absolute Gasteiger partial charge is 0.478 e. The highest BCUT2D eigenvalue weighted by molar-refractivity contribution is 5.88. The van der Waals surface area contributed by atoms with E-state index in [0.717, 1.165) is 32.8 Å². The molecule has 0 saturated carbocycles. The maximum Gasteiger partial charge on any atom is 0.337 e. The number of hydrogen-bond acceptors (Lipinski definition) is 4. The summed E-state index contributed by atoms with van der Waals surface area (Å²) in [6.07, 6.45) is 2.31. The number of aromatic carboxylic acids is 1. The number of morpholine rings is 1. The van der Waals surface area contributed by atoms with Gasteiger partial charge in [-0.05, 0) is 12.1 Å². The Bertz CT molecular complexity index is 389. The molecule has 0 spiro atoms. The van der Waals surface area contributed by atoms with E-state index in [-0.39, 0.29) is 0 Å². The standard InChI is InChI=1S/C12H16N2O3/c15-12(16)10-2-1-4-13-11(10)3-5-14-6-8-17-9-7-14/h1-2,4H,3,5-9H2,(H,15,16). The molecule has 1 aliphatic rings. The van der Waals surface area contributed by atoms with Crippen molar-refractivity contribution in [2.75, 3.05) is 32.8 Å². The van der Waals surface area contributed by atoms with E-state index in [2.05, 4.69) is 9.88 Å². The van der Waals surface area contributed by atoms with Crippen LogP contribution in [-0.2, 0) is 11.2 Å². The number of carboxylic acids is 1. The summed E-state index contributed by atoms with van der Waals surface area (Å²) in [5.74, 6) is -0.907. The molecule has 2 rings (SSSR count). The predicted molar refractivity (Wildman–Crippen MR) is 62.2 cm³/mol. The molecule has 1 aliphatic heterocycles. The molecule has 1 fully saturated rings. The number of carboxylic acid groups (broad SMARTS) is 1. The van der Waals surface area contributed by atoms with E-state index in [0.29, 0.717) is 17.7 Å². The second-order valence-corrected chi connectivity index (χ2v) is 4.01. The van der Waals surface area contributed by atoms with Gasteiger partial charge in [0, 0.05) is 32.3 Å². The smallest absolute Gasteiger partial charge is 0.337 e. The summed E-state index contributed by atoms with van der Waals surface area (Å²) < 4.78 is 5.26. The number of carbonyl (C=O) groups is 1. The minimum absolute atomic E-state index is 0.306. The summed E-state index contributed by atoms with van der Waals surface area (Å²) in [4.78, 5) is 17.4. The van der Waals surface area contributed by atoms with Gasteiger partial charge in [0.1, 0.15) is 0 Å². The van der Waals surface area contributed by atoms with Crippen LogP contribution in [0.25, 0.3) is 0 Å². The average molecular weight is 236 g/mol. The SMILES string of the molecule is O=C(O)c1cccnc1CCN1CCOCC1. The van der Waals surface area contributed by atoms with E-state index >= 15 is 0 Å². The van der Waals surface area contributed by atoms with Crippen LogP contribution in [0.2, 0.25) is 0 Å². The first-order valence-electron chi connectivity index (χ1n) is 5.74. The summed E-state index contributed by atoms with van der Waals surface area (Å²) in [6, 6.07) is 3.26. The molecule has 0 bridgehead atoms. The summed E-state index contributed by atoms with van der Waals surface area (Å²) in [5.41, 5.74) is 0.965. The van der Waals surface area contributed by atoms with Crippen molar-refractivity contribution in [1.29, 1.82) is 0 Å². The number of nitrogens with zero attached hydrogens (tertiary/aromatic N) is 2. The van der Waals surface area contributed by atoms with E-state index in [4.69, 9.17) is 9.84 Å². The van der Waals surface area contributed by atoms with Gasteiger partial charge in [-0.2, -0.15) is 0 Å². The average Bonchev–Trinajstić information content (AvgIpc) is 2.38. The third-order valence-corrected chi connectivity index (χ3v) is 2.89. The van der Waals surface area contributed by atoms with Crippen molar-refractivity contribution in [2.45, 2.75) is 6.42 Å². The van der Waals surface area contributed by atoms with Crippen LogP contribution in [0.1, 0.15) is 16.1 Å². The molecular weight excluding hydrogens is 220 g/mol. The van der Waals surface area contributed by atoms with Crippen LogP contribution in [0.4, 0.5) is 0 Å². The zero-order valence-corrected chi connectivity index (χ0v) is 9.63. The minimum Gasteiger partial charge on any atom is -0.478 e. The number of ether oxygens (including phenoxy) is 1. The highest BCUT2D eigenvalue weighted by Crippen LogP contribution is 2.07. The van der Waals surface area contributed by atoms with Gasteiger partial charge in [0.25, 0.3) is 0 Å². The lowest BCUT2D eigenvalue weighted by Crippen LogP contribution is -2.37. The van der Waals surface area contributed by atoms with Gasteiger partial charge in [-0.3, -0.25) is 9.88 Å². The van der Waals surface area contributed by atoms with Gasteiger partial charge in [0.05, 0.1) is 24.5 Å². The second kappa shape index (κ2) is 5.75. The first-order valence-corrected chi connectivity index (χ1v) is 5.74. The third kappa shape index (κ3) is 3.25. The Hall–Kier alpha value is -1.46. The van der Waals surface area contributed by atoms with Crippen molar-refractivity contribution >= 4 is 5.97 Å². The highest BCUT2D eigenvalue weighted by atomic mass is 16.5. The van der Waals surface area contributed by atoms with E-state index in [1.807, 2.05) is 0 Å². The summed E-state index contributed by atoms with van der Waals surface area (Å²) in [6.45, 7) is 4.17. The van der Waals surface area contributed by atoms with Crippen LogP contribution < -0.4 is 0 Å². The predicted octanol–water partition coefficient (Wildman–Crippen LogP) is 0.655. The highest BCUT2D eigenvalue weighted by Gasteiger charge is 2.14. The Kier molecular flexibility index (Phi) is 4.06. The molecule has 5 heteroatoms. The zero-order valence-electron chi connectivity index (χ0n) is 9.63. The second-order valence-electron chi connectivity index (χ2n) is 4.01. The molecule has 1 saturated heterocycles. The van der Waals surface area contributed by atoms with Crippen molar-refractivity contribution in [3.8, 4) is 0 Å². The maximum absolute atomic E-state index is 11.0. The van der Waals surface area contributed by atoms with E-state index in [1.165, 1.54) is 0 Å². The number of hydrogen-bond donors (Lipinski definition) is 1. The fourth-order valence-corrected chi connectivity index (χ4v) is 1.92. The summed E-state index contributed by atoms with van der Waals surface area (Å²) in [7, 11) is 0. The Morgan fingerprint density at radius 2 is 2.24 bits per heavy atom. The third-order valence-electron chi connectivity index (χ3n) is 2.89. The van der Waals surface area contributed by atoms with Crippen molar-refractivity contribution in [3.63, 3.8) is 0 Å². The van der Waals surface area contributed by atoms with Crippen molar-refractivity contribution in [3.05, 3.63) is 29.6 Å². The van der Waals surface area contributed by atoms with Crippen molar-refractivity contribution in [2.24, 2.45) is 0 Å². The van der Waals surface area contributed by atoms with Gasteiger partial charge < -0.3 is 9.84 Å². The van der Waals surface area contributed by atoms with Gasteiger partial charge in [0.15, 0.2) is 0 Å². The van der Waals surface area contributed by atoms with Gasteiger partial charge in [0.2, 0.25) is 0 Å². The van der Waals surface area contributed by atoms with Crippen LogP contribution in [-0.4, -0.2) is 53.8 Å². The van der Waals surface area contributed by atoms with E-state index in [9.17, 15) is 4.79 Å². The molecule has 1 aromatic rings. The molecule has 2 heterocycles. The Labute approximate surface area is 100 Å². The molecule has 0 aliphatic carbocycles. The quantitative estimate of drug-likeness (QED) is 0.831. The molecule has 0 amide bonds. The lowest BCUT2D eigenvalue weighted by molar-refractivity contribution is 0.0382. The van der Waals surface area contributed by atoms with Crippen molar-refractivity contribution < 1.29 is 14.6 Å². The Balaban J connectivity index is 1.96. The fraction of sp³-hybridized carbons (Fsp3) is 0.500. The topological polar surface area (TPSA) is 62.7 Å². The van der Waals surface area contributed by atoms with Crippen molar-refractivity contribution in [1.82, 2.24) is 9.88 Å². The van der Waals surface area contributed by atoms with E-state index in [1.54, 1.807) is 18.3 Å². The Morgan fingerprint density at radius 3 is 2.94 bits per heavy atom. The molecule has 1 N–H and O–H groups in total. The summed E-state index contributed by atoms with van der Waals surface area (Å²) >= 11 is 0. The Morgan fingerprint density at radius 1 is 1.47 bits per heavy atom. The van der Waals surface area contributed by atoms with Crippen LogP contribution in [0.3, 0.4) is 0 Å². The zero-order chi connectivity index (χ0) is 12.1. The minimum atomic E-state index is -0.907. The summed E-state index contributed by atoms with van der Waals surface area (Å²) in [5, 5.41) is 9.03. The molecule has 5 nitrogen and oxygen atoms in total. The van der Waals surface area contributed by atoms with Crippen LogP contribution in [0.15, 0.2) is 18.3 Å². The monoisotopic (exact) mass is 236 g/mol. The van der Waals surface area contributed by atoms with E-state index < -0.39 is 5.97 Å².